The van der Waals surface area contributed by atoms with Crippen molar-refractivity contribution in [2.24, 2.45) is 11.0 Å². The average Bonchev–Trinajstić information content (AvgIpc) is 2.81. The summed E-state index contributed by atoms with van der Waals surface area (Å²) >= 11 is 0. The molecule has 1 atom stereocenters. The van der Waals surface area contributed by atoms with E-state index in [9.17, 15) is 4.79 Å². The van der Waals surface area contributed by atoms with Crippen LogP contribution in [0.1, 0.15) is 63.1 Å². The van der Waals surface area contributed by atoms with Crippen LogP contribution in [0.15, 0.2) is 65.9 Å². The third-order valence-electron chi connectivity index (χ3n) is 6.16. The first-order valence-electron chi connectivity index (χ1n) is 11.9. The van der Waals surface area contributed by atoms with Gasteiger partial charge in [0.25, 0.3) is 0 Å². The van der Waals surface area contributed by atoms with Crippen molar-refractivity contribution in [3.05, 3.63) is 77.5 Å². The maximum atomic E-state index is 13.5. The second-order valence-electron chi connectivity index (χ2n) is 9.10. The molecule has 32 heavy (non-hydrogen) atoms. The first-order valence-corrected chi connectivity index (χ1v) is 11.9. The lowest BCUT2D eigenvalue weighted by Gasteiger charge is -2.37. The number of benzene rings is 2. The molecule has 170 valence electrons. The van der Waals surface area contributed by atoms with Gasteiger partial charge in [-0.15, -0.1) is 0 Å². The van der Waals surface area contributed by atoms with E-state index in [-0.39, 0.29) is 12.1 Å². The van der Waals surface area contributed by atoms with E-state index in [4.69, 9.17) is 0 Å². The summed E-state index contributed by atoms with van der Waals surface area (Å²) in [6.07, 6.45) is 7.83. The highest BCUT2D eigenvalue weighted by Gasteiger charge is 2.29. The zero-order valence-corrected chi connectivity index (χ0v) is 19.8. The van der Waals surface area contributed by atoms with Crippen LogP contribution < -0.4 is 0 Å². The SMILES string of the molecule is C=NN(/C=C(\CC)c1ccc(CC(C)C)cc1)C(=O)N1CCCCC1Cc1ccccc1. The van der Waals surface area contributed by atoms with E-state index < -0.39 is 0 Å². The van der Waals surface area contributed by atoms with Gasteiger partial charge in [-0.3, -0.25) is 0 Å². The molecule has 3 rings (SSSR count). The Balaban J connectivity index is 1.77. The predicted molar refractivity (Wildman–Crippen MR) is 135 cm³/mol. The van der Waals surface area contributed by atoms with Crippen LogP contribution in [0, 0.1) is 5.92 Å². The minimum Gasteiger partial charge on any atom is -0.320 e. The van der Waals surface area contributed by atoms with Crippen molar-refractivity contribution in [3.8, 4) is 0 Å². The molecule has 0 aromatic heterocycles. The fraction of sp³-hybridized carbons (Fsp3) is 0.429. The van der Waals surface area contributed by atoms with Gasteiger partial charge in [0.1, 0.15) is 0 Å². The Bertz CT molecular complexity index is 902. The summed E-state index contributed by atoms with van der Waals surface area (Å²) in [7, 11) is 0. The molecule has 1 aliphatic rings. The van der Waals surface area contributed by atoms with E-state index in [0.29, 0.717) is 5.92 Å². The third kappa shape index (κ3) is 6.32. The summed E-state index contributed by atoms with van der Waals surface area (Å²) in [5, 5.41) is 5.53. The van der Waals surface area contributed by atoms with Crippen molar-refractivity contribution in [2.75, 3.05) is 6.54 Å². The molecular weight excluding hydrogens is 394 g/mol. The second kappa shape index (κ2) is 11.7. The summed E-state index contributed by atoms with van der Waals surface area (Å²) in [6.45, 7) is 11.0. The molecule has 1 aliphatic heterocycles. The van der Waals surface area contributed by atoms with Crippen molar-refractivity contribution in [2.45, 2.75) is 65.3 Å². The predicted octanol–water partition coefficient (Wildman–Crippen LogP) is 6.77. The van der Waals surface area contributed by atoms with Crippen LogP contribution in [0.5, 0.6) is 0 Å². The lowest BCUT2D eigenvalue weighted by atomic mass is 9.96. The topological polar surface area (TPSA) is 35.9 Å². The molecular formula is C28H37N3O. The Morgan fingerprint density at radius 3 is 2.47 bits per heavy atom. The number of nitrogens with zero attached hydrogens (tertiary/aromatic N) is 3. The summed E-state index contributed by atoms with van der Waals surface area (Å²) in [4.78, 5) is 15.4. The van der Waals surface area contributed by atoms with Crippen LogP contribution in [0.4, 0.5) is 4.79 Å². The van der Waals surface area contributed by atoms with Gasteiger partial charge in [0.05, 0.1) is 0 Å². The van der Waals surface area contributed by atoms with Gasteiger partial charge >= 0.3 is 6.03 Å². The average molecular weight is 432 g/mol. The van der Waals surface area contributed by atoms with Gasteiger partial charge in [0.2, 0.25) is 0 Å². The third-order valence-corrected chi connectivity index (χ3v) is 6.16. The number of hydrazone groups is 1. The zero-order chi connectivity index (χ0) is 22.9. The number of likely N-dealkylation sites (tertiary alicyclic amines) is 1. The Labute approximate surface area is 193 Å². The number of amides is 2. The summed E-state index contributed by atoms with van der Waals surface area (Å²) in [5.74, 6) is 0.633. The smallest absolute Gasteiger partial charge is 0.320 e. The molecule has 0 spiro atoms. The van der Waals surface area contributed by atoms with E-state index in [1.54, 1.807) is 0 Å². The van der Waals surface area contributed by atoms with Crippen LogP contribution >= 0.6 is 0 Å². The highest BCUT2D eigenvalue weighted by Crippen LogP contribution is 2.25. The van der Waals surface area contributed by atoms with Gasteiger partial charge in [-0.2, -0.15) is 10.1 Å². The summed E-state index contributed by atoms with van der Waals surface area (Å²) in [5.41, 5.74) is 4.81. The maximum absolute atomic E-state index is 13.5. The monoisotopic (exact) mass is 431 g/mol. The number of allylic oxidation sites excluding steroid dienone is 1. The van der Waals surface area contributed by atoms with E-state index in [2.05, 4.69) is 81.1 Å². The lowest BCUT2D eigenvalue weighted by Crippen LogP contribution is -2.48. The second-order valence-corrected chi connectivity index (χ2v) is 9.10. The van der Waals surface area contributed by atoms with E-state index in [1.807, 2.05) is 17.2 Å². The van der Waals surface area contributed by atoms with Crippen LogP contribution in [0.2, 0.25) is 0 Å². The largest absolute Gasteiger partial charge is 0.344 e. The van der Waals surface area contributed by atoms with Crippen LogP contribution in [-0.2, 0) is 12.8 Å². The molecule has 2 aromatic carbocycles. The normalized spacial score (nSPS) is 16.8. The van der Waals surface area contributed by atoms with Crippen molar-refractivity contribution < 1.29 is 4.79 Å². The first-order chi connectivity index (χ1) is 15.5. The fourth-order valence-corrected chi connectivity index (χ4v) is 4.48. The van der Waals surface area contributed by atoms with E-state index >= 15 is 0 Å². The molecule has 1 fully saturated rings. The molecule has 2 aromatic rings. The molecule has 1 saturated heterocycles. The molecule has 0 bridgehead atoms. The molecule has 0 aliphatic carbocycles. The highest BCUT2D eigenvalue weighted by atomic mass is 16.2. The number of piperidine rings is 1. The minimum atomic E-state index is -0.0805. The van der Waals surface area contributed by atoms with Gasteiger partial charge < -0.3 is 4.90 Å². The minimum absolute atomic E-state index is 0.0805. The lowest BCUT2D eigenvalue weighted by molar-refractivity contribution is 0.128. The Morgan fingerprint density at radius 2 is 1.84 bits per heavy atom. The number of hydrogen-bond acceptors (Lipinski definition) is 2. The number of carbonyl (C=O) groups excluding carboxylic acids is 1. The van der Waals surface area contributed by atoms with Gasteiger partial charge in [-0.1, -0.05) is 75.4 Å². The molecule has 1 unspecified atom stereocenters. The van der Waals surface area contributed by atoms with E-state index in [0.717, 1.165) is 56.2 Å². The Hall–Kier alpha value is -2.88. The standard InChI is InChI=1S/C28H37N3O/c1-5-25(26-16-14-24(15-17-26)19-22(2)3)21-31(29-4)28(32)30-18-10-9-13-27(30)20-23-11-7-6-8-12-23/h6-8,11-12,14-17,21-22,27H,4-5,9-10,13,18-20H2,1-3H3/b25-21+. The van der Waals surface area contributed by atoms with Gasteiger partial charge in [0, 0.05) is 25.5 Å². The van der Waals surface area contributed by atoms with Crippen molar-refractivity contribution in [1.29, 1.82) is 0 Å². The van der Waals surface area contributed by atoms with Crippen molar-refractivity contribution >= 4 is 18.3 Å². The molecule has 0 saturated carbocycles. The highest BCUT2D eigenvalue weighted by molar-refractivity contribution is 5.78. The molecule has 4 heteroatoms. The molecule has 1 heterocycles. The van der Waals surface area contributed by atoms with Crippen LogP contribution in [0.25, 0.3) is 5.57 Å². The van der Waals surface area contributed by atoms with Crippen molar-refractivity contribution in [1.82, 2.24) is 9.91 Å². The summed E-state index contributed by atoms with van der Waals surface area (Å²) < 4.78 is 0. The molecule has 0 radical (unpaired) electrons. The Kier molecular flexibility index (Phi) is 8.66. The molecule has 0 N–H and O–H groups in total. The van der Waals surface area contributed by atoms with Crippen LogP contribution in [0.3, 0.4) is 0 Å². The Morgan fingerprint density at radius 1 is 1.12 bits per heavy atom. The fourth-order valence-electron chi connectivity index (χ4n) is 4.48. The number of urea groups is 1. The quantitative estimate of drug-likeness (QED) is 0.335. The maximum Gasteiger partial charge on any atom is 0.344 e. The number of carbonyl (C=O) groups is 1. The van der Waals surface area contributed by atoms with Crippen molar-refractivity contribution in [3.63, 3.8) is 0 Å². The van der Waals surface area contributed by atoms with Crippen LogP contribution in [-0.4, -0.2) is 35.2 Å². The number of rotatable bonds is 8. The van der Waals surface area contributed by atoms with Gasteiger partial charge in [-0.25, -0.2) is 4.79 Å². The van der Waals surface area contributed by atoms with Gasteiger partial charge in [0.15, 0.2) is 0 Å². The van der Waals surface area contributed by atoms with E-state index in [1.165, 1.54) is 16.1 Å². The zero-order valence-electron chi connectivity index (χ0n) is 19.8. The first kappa shape index (κ1) is 23.8. The van der Waals surface area contributed by atoms with Gasteiger partial charge in [-0.05, 0) is 66.7 Å². The molecule has 4 nitrogen and oxygen atoms in total. The molecule has 2 amide bonds. The summed E-state index contributed by atoms with van der Waals surface area (Å²) in [6, 6.07) is 19.2. The number of hydrogen-bond donors (Lipinski definition) is 0.